The van der Waals surface area contributed by atoms with Crippen LogP contribution in [0.25, 0.3) is 23.2 Å². The topological polar surface area (TPSA) is 92.3 Å². The Bertz CT molecular complexity index is 1270. The van der Waals surface area contributed by atoms with Gasteiger partial charge in [0.2, 0.25) is 5.91 Å². The minimum absolute atomic E-state index is 0.00857. The summed E-state index contributed by atoms with van der Waals surface area (Å²) in [6.07, 6.45) is 5.76. The second kappa shape index (κ2) is 9.52. The summed E-state index contributed by atoms with van der Waals surface area (Å²) in [6.45, 7) is 0.0895. The third kappa shape index (κ3) is 4.89. The van der Waals surface area contributed by atoms with Crippen molar-refractivity contribution >= 4 is 52.0 Å². The van der Waals surface area contributed by atoms with Crippen LogP contribution in [-0.4, -0.2) is 45.0 Å². The number of benzene rings is 2. The lowest BCUT2D eigenvalue weighted by Gasteiger charge is -2.12. The molecule has 1 aliphatic rings. The fourth-order valence-electron chi connectivity index (χ4n) is 2.99. The fraction of sp³-hybridized carbons (Fsp3) is 0.0870. The maximum Gasteiger partial charge on any atom is 0.293 e. The van der Waals surface area contributed by atoms with Gasteiger partial charge in [-0.2, -0.15) is 0 Å². The number of hydrogen-bond donors (Lipinski definition) is 1. The van der Waals surface area contributed by atoms with Crippen molar-refractivity contribution in [1.82, 2.24) is 20.2 Å². The molecule has 2 aromatic carbocycles. The molecule has 4 rings (SSSR count). The summed E-state index contributed by atoms with van der Waals surface area (Å²) in [5.74, 6) is -1.39. The second-order valence-corrected chi connectivity index (χ2v) is 7.76. The van der Waals surface area contributed by atoms with E-state index in [1.807, 2.05) is 24.3 Å². The lowest BCUT2D eigenvalue weighted by molar-refractivity contribution is -0.123. The lowest BCUT2D eigenvalue weighted by Crippen LogP contribution is -2.36. The summed E-state index contributed by atoms with van der Waals surface area (Å²) in [5, 5.41) is 2.16. The zero-order valence-corrected chi connectivity index (χ0v) is 17.5. The van der Waals surface area contributed by atoms with Crippen LogP contribution in [-0.2, 0) is 9.59 Å². The number of amides is 3. The van der Waals surface area contributed by atoms with Crippen molar-refractivity contribution in [2.45, 2.75) is 0 Å². The molecule has 0 bridgehead atoms. The van der Waals surface area contributed by atoms with Crippen molar-refractivity contribution in [3.63, 3.8) is 0 Å². The summed E-state index contributed by atoms with van der Waals surface area (Å²) < 4.78 is 13.8. The number of aromatic nitrogens is 2. The Morgan fingerprint density at radius 1 is 1.09 bits per heavy atom. The van der Waals surface area contributed by atoms with Gasteiger partial charge in [-0.15, -0.1) is 0 Å². The molecule has 160 valence electrons. The van der Waals surface area contributed by atoms with Gasteiger partial charge >= 0.3 is 0 Å². The number of nitrogens with zero attached hydrogens (tertiary/aromatic N) is 3. The van der Waals surface area contributed by atoms with Gasteiger partial charge in [0.1, 0.15) is 5.82 Å². The maximum absolute atomic E-state index is 13.8. The van der Waals surface area contributed by atoms with Gasteiger partial charge in [0.15, 0.2) is 0 Å². The summed E-state index contributed by atoms with van der Waals surface area (Å²) in [7, 11) is 0. The molecule has 1 fully saturated rings. The van der Waals surface area contributed by atoms with Crippen LogP contribution in [0, 0.1) is 5.82 Å². The smallest absolute Gasteiger partial charge is 0.293 e. The SMILES string of the molecule is O=C(/C=C/c1cnc2ccccc2n1)NCCN1C(=O)S/C(=C\c2ccccc2F)C1=O. The van der Waals surface area contributed by atoms with Crippen LogP contribution in [0.1, 0.15) is 11.3 Å². The Kier molecular flexibility index (Phi) is 6.37. The first kappa shape index (κ1) is 21.4. The Balaban J connectivity index is 1.32. The second-order valence-electron chi connectivity index (χ2n) is 6.76. The van der Waals surface area contributed by atoms with Gasteiger partial charge in [-0.05, 0) is 42.1 Å². The van der Waals surface area contributed by atoms with Crippen molar-refractivity contribution in [1.29, 1.82) is 0 Å². The highest BCUT2D eigenvalue weighted by molar-refractivity contribution is 8.18. The molecule has 32 heavy (non-hydrogen) atoms. The maximum atomic E-state index is 13.8. The molecule has 0 aliphatic carbocycles. The molecule has 1 aliphatic heterocycles. The number of fused-ring (bicyclic) bond motifs is 1. The molecule has 1 saturated heterocycles. The predicted molar refractivity (Wildman–Crippen MR) is 121 cm³/mol. The number of imide groups is 1. The largest absolute Gasteiger partial charge is 0.351 e. The van der Waals surface area contributed by atoms with Crippen LogP contribution >= 0.6 is 11.8 Å². The van der Waals surface area contributed by atoms with Gasteiger partial charge in [-0.1, -0.05) is 30.3 Å². The predicted octanol–water partition coefficient (Wildman–Crippen LogP) is 3.63. The summed E-state index contributed by atoms with van der Waals surface area (Å²) in [4.78, 5) is 46.5. The van der Waals surface area contributed by atoms with Gasteiger partial charge < -0.3 is 5.32 Å². The number of hydrogen-bond acceptors (Lipinski definition) is 6. The highest BCUT2D eigenvalue weighted by Crippen LogP contribution is 2.32. The van der Waals surface area contributed by atoms with E-state index in [4.69, 9.17) is 0 Å². The molecular weight excluding hydrogens is 431 g/mol. The molecule has 0 saturated carbocycles. The first-order chi connectivity index (χ1) is 15.5. The van der Waals surface area contributed by atoms with E-state index in [9.17, 15) is 18.8 Å². The molecular formula is C23H17FN4O3S. The van der Waals surface area contributed by atoms with Crippen LogP contribution in [0.3, 0.4) is 0 Å². The molecule has 2 heterocycles. The Hall–Kier alpha value is -3.85. The summed E-state index contributed by atoms with van der Waals surface area (Å²) in [5.41, 5.74) is 2.24. The number of carbonyl (C=O) groups excluding carboxylic acids is 3. The Morgan fingerprint density at radius 3 is 2.66 bits per heavy atom. The normalized spacial score (nSPS) is 15.3. The van der Waals surface area contributed by atoms with Gasteiger partial charge in [0, 0.05) is 24.7 Å². The van der Waals surface area contributed by atoms with Crippen molar-refractivity contribution in [2.75, 3.05) is 13.1 Å². The number of para-hydroxylation sites is 2. The highest BCUT2D eigenvalue weighted by Gasteiger charge is 2.34. The van der Waals surface area contributed by atoms with E-state index in [0.717, 1.165) is 27.7 Å². The van der Waals surface area contributed by atoms with Crippen molar-refractivity contribution < 1.29 is 18.8 Å². The number of carbonyl (C=O) groups is 3. The van der Waals surface area contributed by atoms with E-state index in [1.54, 1.807) is 18.3 Å². The van der Waals surface area contributed by atoms with E-state index in [0.29, 0.717) is 5.69 Å². The molecule has 0 spiro atoms. The quantitative estimate of drug-likeness (QED) is 0.579. The minimum atomic E-state index is -0.514. The average molecular weight is 448 g/mol. The third-order valence-electron chi connectivity index (χ3n) is 4.57. The average Bonchev–Trinajstić information content (AvgIpc) is 3.06. The monoisotopic (exact) mass is 448 g/mol. The van der Waals surface area contributed by atoms with Crippen molar-refractivity contribution in [2.24, 2.45) is 0 Å². The number of nitrogens with one attached hydrogen (secondary N) is 1. The van der Waals surface area contributed by atoms with Crippen LogP contribution in [0.15, 0.2) is 65.7 Å². The van der Waals surface area contributed by atoms with E-state index in [-0.39, 0.29) is 23.6 Å². The molecule has 9 heteroatoms. The van der Waals surface area contributed by atoms with Crippen molar-refractivity contribution in [3.05, 3.63) is 82.8 Å². The van der Waals surface area contributed by atoms with Gasteiger partial charge in [-0.3, -0.25) is 24.3 Å². The number of rotatable bonds is 6. The molecule has 3 aromatic rings. The minimum Gasteiger partial charge on any atom is -0.351 e. The van der Waals surface area contributed by atoms with E-state index in [2.05, 4.69) is 15.3 Å². The zero-order chi connectivity index (χ0) is 22.5. The summed E-state index contributed by atoms with van der Waals surface area (Å²) in [6, 6.07) is 13.4. The molecule has 7 nitrogen and oxygen atoms in total. The first-order valence-electron chi connectivity index (χ1n) is 9.69. The van der Waals surface area contributed by atoms with E-state index in [1.165, 1.54) is 30.4 Å². The third-order valence-corrected chi connectivity index (χ3v) is 5.48. The molecule has 0 atom stereocenters. The molecule has 0 radical (unpaired) electrons. The summed E-state index contributed by atoms with van der Waals surface area (Å²) >= 11 is 0.743. The molecule has 1 aromatic heterocycles. The lowest BCUT2D eigenvalue weighted by atomic mass is 10.2. The van der Waals surface area contributed by atoms with Crippen LogP contribution in [0.5, 0.6) is 0 Å². The molecule has 0 unspecified atom stereocenters. The van der Waals surface area contributed by atoms with Crippen LogP contribution in [0.4, 0.5) is 9.18 Å². The van der Waals surface area contributed by atoms with Gasteiger partial charge in [-0.25, -0.2) is 9.37 Å². The van der Waals surface area contributed by atoms with Crippen LogP contribution in [0.2, 0.25) is 0 Å². The van der Waals surface area contributed by atoms with Crippen LogP contribution < -0.4 is 5.32 Å². The van der Waals surface area contributed by atoms with Gasteiger partial charge in [0.05, 0.1) is 27.8 Å². The van der Waals surface area contributed by atoms with E-state index >= 15 is 0 Å². The van der Waals surface area contributed by atoms with Gasteiger partial charge in [0.25, 0.3) is 11.1 Å². The number of thioether (sulfide) groups is 1. The molecule has 1 N–H and O–H groups in total. The van der Waals surface area contributed by atoms with Crippen molar-refractivity contribution in [3.8, 4) is 0 Å². The molecule has 3 amide bonds. The highest BCUT2D eigenvalue weighted by atomic mass is 32.2. The number of halogens is 1. The Morgan fingerprint density at radius 2 is 1.84 bits per heavy atom. The fourth-order valence-corrected chi connectivity index (χ4v) is 3.84. The Labute approximate surface area is 187 Å². The standard InChI is InChI=1S/C23H17FN4O3S/c24-17-6-2-1-5-15(17)13-20-22(30)28(23(31)32-20)12-11-25-21(29)10-9-16-14-26-18-7-3-4-8-19(18)27-16/h1-10,13-14H,11-12H2,(H,25,29)/b10-9+,20-13-. The first-order valence-corrected chi connectivity index (χ1v) is 10.5. The zero-order valence-electron chi connectivity index (χ0n) is 16.7. The van der Waals surface area contributed by atoms with E-state index < -0.39 is 22.9 Å².